The molecule has 0 saturated heterocycles. The molecular weight excluding hydrogens is 274 g/mol. The lowest BCUT2D eigenvalue weighted by molar-refractivity contribution is 0.0762. The molecule has 0 bridgehead atoms. The van der Waals surface area contributed by atoms with Crippen LogP contribution < -0.4 is 0 Å². The highest BCUT2D eigenvalue weighted by molar-refractivity contribution is 7.99. The predicted molar refractivity (Wildman–Crippen MR) is 79.5 cm³/mol. The molecule has 2 aliphatic rings. The Balaban J connectivity index is 1.79. The summed E-state index contributed by atoms with van der Waals surface area (Å²) < 4.78 is 0. The van der Waals surface area contributed by atoms with E-state index in [9.17, 15) is 4.79 Å². The van der Waals surface area contributed by atoms with Gasteiger partial charge in [-0.1, -0.05) is 18.2 Å². The van der Waals surface area contributed by atoms with Gasteiger partial charge < -0.3 is 4.90 Å². The Morgan fingerprint density at radius 3 is 3.05 bits per heavy atom. The van der Waals surface area contributed by atoms with Crippen LogP contribution in [0.3, 0.4) is 0 Å². The minimum absolute atomic E-state index is 0.189. The van der Waals surface area contributed by atoms with E-state index in [0.717, 1.165) is 24.3 Å². The summed E-state index contributed by atoms with van der Waals surface area (Å²) in [5, 5.41) is 2.35. The van der Waals surface area contributed by atoms with E-state index in [1.807, 2.05) is 34.9 Å². The maximum absolute atomic E-state index is 12.5. The molecule has 0 spiro atoms. The second kappa shape index (κ2) is 4.39. The summed E-state index contributed by atoms with van der Waals surface area (Å²) in [7, 11) is 0. The van der Waals surface area contributed by atoms with Crippen LogP contribution in [-0.4, -0.2) is 16.6 Å². The zero-order chi connectivity index (χ0) is 12.8. The van der Waals surface area contributed by atoms with Crippen molar-refractivity contribution in [1.82, 2.24) is 4.90 Å². The van der Waals surface area contributed by atoms with Gasteiger partial charge in [-0.25, -0.2) is 0 Å². The zero-order valence-electron chi connectivity index (χ0n) is 10.3. The molecule has 0 fully saturated rings. The summed E-state index contributed by atoms with van der Waals surface area (Å²) in [6.07, 6.45) is 1.12. The number of carbonyl (C=O) groups is 1. The minimum Gasteiger partial charge on any atom is -0.317 e. The number of rotatable bonds is 0. The highest BCUT2D eigenvalue weighted by Crippen LogP contribution is 2.44. The van der Waals surface area contributed by atoms with Crippen molar-refractivity contribution in [3.63, 3.8) is 0 Å². The number of carbonyl (C=O) groups excluding carboxylic acids is 1. The van der Waals surface area contributed by atoms with Gasteiger partial charge in [0.15, 0.2) is 0 Å². The maximum atomic E-state index is 12.5. The fraction of sp³-hybridized carbons (Fsp3) is 0.267. The van der Waals surface area contributed by atoms with Crippen molar-refractivity contribution in [1.29, 1.82) is 0 Å². The van der Waals surface area contributed by atoms with Crippen molar-refractivity contribution in [3.05, 3.63) is 57.3 Å². The van der Waals surface area contributed by atoms with E-state index in [1.54, 1.807) is 11.3 Å². The molecule has 4 heteroatoms. The largest absolute Gasteiger partial charge is 0.317 e. The number of thioether (sulfide) groups is 1. The molecule has 3 heterocycles. The van der Waals surface area contributed by atoms with E-state index in [1.165, 1.54) is 16.0 Å². The molecular formula is C15H13NOS2. The first-order chi connectivity index (χ1) is 9.34. The Hall–Kier alpha value is -1.26. The van der Waals surface area contributed by atoms with Crippen LogP contribution in [-0.2, 0) is 13.0 Å². The third-order valence-electron chi connectivity index (χ3n) is 3.80. The first-order valence-electron chi connectivity index (χ1n) is 6.41. The number of benzene rings is 1. The van der Waals surface area contributed by atoms with Crippen LogP contribution in [0.4, 0.5) is 0 Å². The lowest BCUT2D eigenvalue weighted by Crippen LogP contribution is -2.27. The molecule has 0 radical (unpaired) electrons. The van der Waals surface area contributed by atoms with Gasteiger partial charge in [-0.05, 0) is 40.8 Å². The van der Waals surface area contributed by atoms with Gasteiger partial charge in [0.2, 0.25) is 0 Å². The van der Waals surface area contributed by atoms with E-state index >= 15 is 0 Å². The van der Waals surface area contributed by atoms with E-state index in [0.29, 0.717) is 0 Å². The first-order valence-corrected chi connectivity index (χ1v) is 8.34. The third-order valence-corrected chi connectivity index (χ3v) is 6.01. The van der Waals surface area contributed by atoms with Gasteiger partial charge in [-0.3, -0.25) is 4.79 Å². The van der Waals surface area contributed by atoms with Gasteiger partial charge in [0.1, 0.15) is 5.37 Å². The summed E-state index contributed by atoms with van der Waals surface area (Å²) in [5.74, 6) is 1.27. The number of hydrogen-bond acceptors (Lipinski definition) is 3. The normalized spacial score (nSPS) is 21.4. The second-order valence-corrected chi connectivity index (χ2v) is 7.05. The van der Waals surface area contributed by atoms with Gasteiger partial charge in [0.25, 0.3) is 5.91 Å². The Morgan fingerprint density at radius 1 is 1.21 bits per heavy atom. The van der Waals surface area contributed by atoms with Crippen molar-refractivity contribution in [2.45, 2.75) is 18.3 Å². The molecule has 1 aromatic carbocycles. The number of aryl methyl sites for hydroxylation is 1. The molecule has 1 atom stereocenters. The monoisotopic (exact) mass is 287 g/mol. The Kier molecular flexibility index (Phi) is 2.67. The lowest BCUT2D eigenvalue weighted by Gasteiger charge is -2.27. The standard InChI is InChI=1S/C15H13NOS2/c17-14-11-3-1-2-4-12(11)15-16(14)9-13-10(5-7-18-13)6-8-19-15/h1-5,7,15H,6,8-9H2. The summed E-state index contributed by atoms with van der Waals surface area (Å²) in [4.78, 5) is 15.9. The second-order valence-electron chi connectivity index (χ2n) is 4.86. The molecule has 0 aliphatic carbocycles. The average molecular weight is 287 g/mol. The van der Waals surface area contributed by atoms with E-state index in [2.05, 4.69) is 17.5 Å². The fourth-order valence-electron chi connectivity index (χ4n) is 2.83. The smallest absolute Gasteiger partial charge is 0.255 e. The predicted octanol–water partition coefficient (Wildman–Crippen LogP) is 3.69. The zero-order valence-corrected chi connectivity index (χ0v) is 12.0. The molecule has 1 unspecified atom stereocenters. The van der Waals surface area contributed by atoms with E-state index < -0.39 is 0 Å². The molecule has 2 aromatic rings. The Labute approximate surface area is 120 Å². The summed E-state index contributed by atoms with van der Waals surface area (Å²) in [5.41, 5.74) is 3.50. The lowest BCUT2D eigenvalue weighted by atomic mass is 10.1. The highest BCUT2D eigenvalue weighted by Gasteiger charge is 2.37. The summed E-state index contributed by atoms with van der Waals surface area (Å²) in [6, 6.07) is 10.2. The highest BCUT2D eigenvalue weighted by atomic mass is 32.2. The summed E-state index contributed by atoms with van der Waals surface area (Å²) in [6.45, 7) is 0.762. The molecule has 2 nitrogen and oxygen atoms in total. The van der Waals surface area contributed by atoms with Crippen LogP contribution in [0.1, 0.15) is 31.7 Å². The SMILES string of the molecule is O=C1c2ccccc2C2SCCc3ccsc3CN12. The first kappa shape index (κ1) is 11.6. The van der Waals surface area contributed by atoms with E-state index in [4.69, 9.17) is 0 Å². The van der Waals surface area contributed by atoms with E-state index in [-0.39, 0.29) is 11.3 Å². The van der Waals surface area contributed by atoms with Crippen LogP contribution in [0, 0.1) is 0 Å². The number of amides is 1. The molecule has 1 aromatic heterocycles. The number of nitrogens with zero attached hydrogens (tertiary/aromatic N) is 1. The van der Waals surface area contributed by atoms with Gasteiger partial charge in [0, 0.05) is 10.4 Å². The van der Waals surface area contributed by atoms with Gasteiger partial charge >= 0.3 is 0 Å². The van der Waals surface area contributed by atoms with Gasteiger partial charge in [-0.2, -0.15) is 0 Å². The molecule has 4 rings (SSSR count). The van der Waals surface area contributed by atoms with Crippen LogP contribution >= 0.6 is 23.1 Å². The Morgan fingerprint density at radius 2 is 2.11 bits per heavy atom. The number of fused-ring (bicyclic) bond motifs is 4. The fourth-order valence-corrected chi connectivity index (χ4v) is 5.06. The van der Waals surface area contributed by atoms with Crippen molar-refractivity contribution in [2.24, 2.45) is 0 Å². The van der Waals surface area contributed by atoms with Crippen molar-refractivity contribution in [2.75, 3.05) is 5.75 Å². The van der Waals surface area contributed by atoms with Crippen LogP contribution in [0.5, 0.6) is 0 Å². The van der Waals surface area contributed by atoms with Crippen LogP contribution in [0.25, 0.3) is 0 Å². The molecule has 1 amide bonds. The number of thiophene rings is 1. The van der Waals surface area contributed by atoms with Gasteiger partial charge in [0.05, 0.1) is 6.54 Å². The molecule has 96 valence electrons. The topological polar surface area (TPSA) is 20.3 Å². The van der Waals surface area contributed by atoms with Crippen LogP contribution in [0.15, 0.2) is 35.7 Å². The Bertz CT molecular complexity index is 649. The summed E-state index contributed by atoms with van der Waals surface area (Å²) >= 11 is 3.67. The molecule has 19 heavy (non-hydrogen) atoms. The minimum atomic E-state index is 0.189. The molecule has 0 N–H and O–H groups in total. The molecule has 0 saturated carbocycles. The number of hydrogen-bond donors (Lipinski definition) is 0. The maximum Gasteiger partial charge on any atom is 0.255 e. The molecule has 2 aliphatic heterocycles. The quantitative estimate of drug-likeness (QED) is 0.736. The van der Waals surface area contributed by atoms with Crippen LogP contribution in [0.2, 0.25) is 0 Å². The average Bonchev–Trinajstić information content (AvgIpc) is 2.94. The van der Waals surface area contributed by atoms with Crippen molar-refractivity contribution >= 4 is 29.0 Å². The third kappa shape index (κ3) is 1.74. The van der Waals surface area contributed by atoms with Gasteiger partial charge in [-0.15, -0.1) is 23.1 Å². The van der Waals surface area contributed by atoms with Crippen molar-refractivity contribution in [3.8, 4) is 0 Å². The van der Waals surface area contributed by atoms with Crippen molar-refractivity contribution < 1.29 is 4.79 Å².